The Bertz CT molecular complexity index is 1440. The predicted octanol–water partition coefficient (Wildman–Crippen LogP) is 8.87. The van der Waals surface area contributed by atoms with E-state index < -0.39 is 23.8 Å². The Morgan fingerprint density at radius 3 is 2.20 bits per heavy atom. The molecule has 3 amide bonds. The summed E-state index contributed by atoms with van der Waals surface area (Å²) in [6, 6.07) is 18.0. The molecule has 0 spiro atoms. The number of alkyl carbamates (subject to hydrolysis) is 1. The van der Waals surface area contributed by atoms with Gasteiger partial charge in [-0.1, -0.05) is 107 Å². The summed E-state index contributed by atoms with van der Waals surface area (Å²) in [5.41, 5.74) is 2.71. The third-order valence-electron chi connectivity index (χ3n) is 8.23. The molecule has 0 radical (unpaired) electrons. The molecule has 0 saturated heterocycles. The Hall–Kier alpha value is -3.87. The van der Waals surface area contributed by atoms with Crippen LogP contribution in [0.1, 0.15) is 103 Å². The zero-order chi connectivity index (χ0) is 33.1. The lowest BCUT2D eigenvalue weighted by atomic mass is 9.93. The Labute approximate surface area is 270 Å². The second-order valence-electron chi connectivity index (χ2n) is 13.3. The van der Waals surface area contributed by atoms with Crippen LogP contribution in [-0.4, -0.2) is 41.0 Å². The molecule has 0 aliphatic carbocycles. The third kappa shape index (κ3) is 10.3. The van der Waals surface area contributed by atoms with Crippen LogP contribution in [0.5, 0.6) is 0 Å². The molecule has 45 heavy (non-hydrogen) atoms. The summed E-state index contributed by atoms with van der Waals surface area (Å²) in [6.07, 6.45) is 4.99. The number of unbranched alkanes of at least 4 members (excludes halogenated alkanes) is 4. The monoisotopic (exact) mass is 615 g/mol. The number of hydrogen-bond acceptors (Lipinski definition) is 4. The van der Waals surface area contributed by atoms with Crippen molar-refractivity contribution in [2.45, 2.75) is 112 Å². The topological polar surface area (TPSA) is 87.7 Å². The van der Waals surface area contributed by atoms with Gasteiger partial charge in [0.2, 0.25) is 5.91 Å². The molecule has 0 saturated carbocycles. The second-order valence-corrected chi connectivity index (χ2v) is 13.3. The molecule has 3 aromatic rings. The van der Waals surface area contributed by atoms with Gasteiger partial charge in [-0.3, -0.25) is 9.59 Å². The number of rotatable bonds is 14. The number of nitrogens with one attached hydrogen (secondary N) is 2. The molecule has 0 aliphatic heterocycles. The van der Waals surface area contributed by atoms with Crippen LogP contribution < -0.4 is 10.6 Å². The van der Waals surface area contributed by atoms with E-state index in [-0.39, 0.29) is 17.7 Å². The molecule has 3 rings (SSSR count). The van der Waals surface area contributed by atoms with Gasteiger partial charge in [0.25, 0.3) is 5.91 Å². The van der Waals surface area contributed by atoms with Gasteiger partial charge in [-0.2, -0.15) is 0 Å². The minimum atomic E-state index is -0.900. The van der Waals surface area contributed by atoms with Crippen molar-refractivity contribution in [2.24, 2.45) is 5.92 Å². The van der Waals surface area contributed by atoms with Crippen molar-refractivity contribution >= 4 is 34.4 Å². The summed E-state index contributed by atoms with van der Waals surface area (Å²) in [4.78, 5) is 43.8. The average Bonchev–Trinajstić information content (AvgIpc) is 2.98. The number of ether oxygens (including phenoxy) is 1. The number of aryl methyl sites for hydroxylation is 2. The molecule has 3 aromatic carbocycles. The van der Waals surface area contributed by atoms with E-state index in [9.17, 15) is 14.4 Å². The summed E-state index contributed by atoms with van der Waals surface area (Å²) in [5.74, 6) is -0.764. The molecular formula is C38H53N3O4. The molecule has 244 valence electrons. The summed E-state index contributed by atoms with van der Waals surface area (Å²) < 4.78 is 5.56. The number of hydrogen-bond donors (Lipinski definition) is 2. The van der Waals surface area contributed by atoms with Crippen molar-refractivity contribution in [3.05, 3.63) is 77.4 Å². The largest absolute Gasteiger partial charge is 0.444 e. The smallest absolute Gasteiger partial charge is 0.408 e. The number of amides is 3. The van der Waals surface area contributed by atoms with Crippen molar-refractivity contribution < 1.29 is 19.1 Å². The first kappa shape index (κ1) is 35.6. The van der Waals surface area contributed by atoms with E-state index in [1.165, 1.54) is 0 Å². The van der Waals surface area contributed by atoms with Crippen LogP contribution in [0.2, 0.25) is 0 Å². The first-order chi connectivity index (χ1) is 21.3. The van der Waals surface area contributed by atoms with E-state index in [4.69, 9.17) is 4.74 Å². The van der Waals surface area contributed by atoms with Crippen LogP contribution in [0.4, 0.5) is 10.5 Å². The molecule has 3 atom stereocenters. The normalized spacial score (nSPS) is 13.5. The molecule has 0 fully saturated rings. The van der Waals surface area contributed by atoms with Crippen LogP contribution in [-0.2, 0) is 14.3 Å². The minimum absolute atomic E-state index is 0.184. The fourth-order valence-electron chi connectivity index (χ4n) is 5.61. The van der Waals surface area contributed by atoms with Gasteiger partial charge in [0.1, 0.15) is 17.7 Å². The van der Waals surface area contributed by atoms with Crippen LogP contribution in [0.25, 0.3) is 10.8 Å². The maximum absolute atomic E-state index is 14.7. The Morgan fingerprint density at radius 2 is 1.56 bits per heavy atom. The van der Waals surface area contributed by atoms with Crippen molar-refractivity contribution in [2.75, 3.05) is 11.9 Å². The molecule has 0 bridgehead atoms. The molecule has 0 aromatic heterocycles. The van der Waals surface area contributed by atoms with Gasteiger partial charge in [-0.25, -0.2) is 4.79 Å². The summed E-state index contributed by atoms with van der Waals surface area (Å²) in [7, 11) is 0. The van der Waals surface area contributed by atoms with Crippen LogP contribution in [0.15, 0.2) is 60.7 Å². The maximum Gasteiger partial charge on any atom is 0.408 e. The van der Waals surface area contributed by atoms with Gasteiger partial charge in [-0.05, 0) is 81.0 Å². The maximum atomic E-state index is 14.7. The number of fused-ring (bicyclic) bond motifs is 1. The van der Waals surface area contributed by atoms with E-state index >= 15 is 0 Å². The predicted molar refractivity (Wildman–Crippen MR) is 184 cm³/mol. The molecule has 3 unspecified atom stereocenters. The van der Waals surface area contributed by atoms with Crippen LogP contribution in [0, 0.1) is 19.8 Å². The van der Waals surface area contributed by atoms with Crippen molar-refractivity contribution in [1.29, 1.82) is 0 Å². The van der Waals surface area contributed by atoms with E-state index in [1.54, 1.807) is 25.7 Å². The lowest BCUT2D eigenvalue weighted by molar-refractivity contribution is -0.142. The summed E-state index contributed by atoms with van der Waals surface area (Å²) in [5, 5.41) is 8.09. The third-order valence-corrected chi connectivity index (χ3v) is 8.23. The van der Waals surface area contributed by atoms with Crippen LogP contribution >= 0.6 is 0 Å². The highest BCUT2D eigenvalue weighted by atomic mass is 16.6. The minimum Gasteiger partial charge on any atom is -0.444 e. The quantitative estimate of drug-likeness (QED) is 0.177. The number of carbonyl (C=O) groups is 3. The Kier molecular flexibility index (Phi) is 13.0. The van der Waals surface area contributed by atoms with Crippen molar-refractivity contribution in [3.63, 3.8) is 0 Å². The highest BCUT2D eigenvalue weighted by Gasteiger charge is 2.38. The molecule has 7 heteroatoms. The number of benzene rings is 3. The number of nitrogens with zero attached hydrogens (tertiary/aromatic N) is 1. The highest BCUT2D eigenvalue weighted by molar-refractivity contribution is 6.00. The Morgan fingerprint density at radius 1 is 0.867 bits per heavy atom. The first-order valence-electron chi connectivity index (χ1n) is 16.5. The lowest BCUT2D eigenvalue weighted by Crippen LogP contribution is -2.55. The summed E-state index contributed by atoms with van der Waals surface area (Å²) >= 11 is 0. The van der Waals surface area contributed by atoms with E-state index in [0.29, 0.717) is 18.7 Å². The van der Waals surface area contributed by atoms with Crippen molar-refractivity contribution in [1.82, 2.24) is 10.2 Å². The van der Waals surface area contributed by atoms with Gasteiger partial charge < -0.3 is 20.3 Å². The fraction of sp³-hybridized carbons (Fsp3) is 0.500. The van der Waals surface area contributed by atoms with Gasteiger partial charge in [0.05, 0.1) is 0 Å². The second kappa shape index (κ2) is 16.4. The van der Waals surface area contributed by atoms with Gasteiger partial charge in [-0.15, -0.1) is 0 Å². The van der Waals surface area contributed by atoms with Gasteiger partial charge >= 0.3 is 6.09 Å². The molecule has 7 nitrogen and oxygen atoms in total. The summed E-state index contributed by atoms with van der Waals surface area (Å²) in [6.45, 7) is 15.9. The first-order valence-corrected chi connectivity index (χ1v) is 16.5. The Balaban J connectivity index is 2.07. The number of carbonyl (C=O) groups excluding carboxylic acids is 3. The number of anilines is 1. The standard InChI is InChI=1S/C38H53N3O4/c1-9-11-12-13-16-23-41(36(43)33(27(4)10-2)40-37(44)45-38(6,7)8)34(32-22-19-26(3)24-28(32)5)35(42)39-31-21-20-29-17-14-15-18-30(29)25-31/h14-15,17-22,24-25,27,33-34H,9-13,16,23H2,1-8H3,(H,39,42)(H,40,44). The fourth-order valence-corrected chi connectivity index (χ4v) is 5.61. The highest BCUT2D eigenvalue weighted by Crippen LogP contribution is 2.30. The molecule has 2 N–H and O–H groups in total. The van der Waals surface area contributed by atoms with Crippen LogP contribution in [0.3, 0.4) is 0 Å². The zero-order valence-electron chi connectivity index (χ0n) is 28.5. The molecule has 0 aliphatic rings. The van der Waals surface area contributed by atoms with Gasteiger partial charge in [0.15, 0.2) is 0 Å². The van der Waals surface area contributed by atoms with E-state index in [2.05, 4.69) is 17.6 Å². The molecule has 0 heterocycles. The van der Waals surface area contributed by atoms with E-state index in [0.717, 1.165) is 59.6 Å². The SMILES string of the molecule is CCCCCCCN(C(=O)C(NC(=O)OC(C)(C)C)C(C)CC)C(C(=O)Nc1ccc2ccccc2c1)c1ccc(C)cc1C. The average molecular weight is 616 g/mol. The zero-order valence-corrected chi connectivity index (χ0v) is 28.5. The lowest BCUT2D eigenvalue weighted by Gasteiger charge is -2.36. The van der Waals surface area contributed by atoms with Gasteiger partial charge in [0, 0.05) is 12.2 Å². The van der Waals surface area contributed by atoms with Crippen molar-refractivity contribution in [3.8, 4) is 0 Å². The van der Waals surface area contributed by atoms with E-state index in [1.807, 2.05) is 88.4 Å². The molecular weight excluding hydrogens is 562 g/mol.